The fourth-order valence-electron chi connectivity index (χ4n) is 1.22. The fourth-order valence-corrected chi connectivity index (χ4v) is 1.22. The van der Waals surface area contributed by atoms with Crippen LogP contribution < -0.4 is 5.73 Å². The molecule has 4 N–H and O–H groups in total. The van der Waals surface area contributed by atoms with Gasteiger partial charge in [-0.15, -0.1) is 0 Å². The average molecular weight is 205 g/mol. The normalized spacial score (nSPS) is 16.4. The van der Waals surface area contributed by atoms with Crippen molar-refractivity contribution >= 4 is 5.97 Å². The van der Waals surface area contributed by atoms with Gasteiger partial charge >= 0.3 is 5.97 Å². The van der Waals surface area contributed by atoms with Crippen LogP contribution in [-0.4, -0.2) is 60.5 Å². The quantitative estimate of drug-likeness (QED) is 0.498. The van der Waals surface area contributed by atoms with Gasteiger partial charge < -0.3 is 20.4 Å². The molecule has 1 unspecified atom stereocenters. The summed E-state index contributed by atoms with van der Waals surface area (Å²) in [5.41, 5.74) is 5.31. The number of aliphatic hydroxyl groups excluding tert-OH is 1. The number of carboxylic acids is 1. The zero-order chi connectivity index (χ0) is 11.4. The van der Waals surface area contributed by atoms with Crippen molar-refractivity contribution in [3.05, 3.63) is 0 Å². The second-order valence-electron chi connectivity index (χ2n) is 4.65. The number of quaternary nitrogens is 1. The summed E-state index contributed by atoms with van der Waals surface area (Å²) in [6, 6.07) is -0.864. The van der Waals surface area contributed by atoms with Gasteiger partial charge in [0.05, 0.1) is 21.1 Å². The van der Waals surface area contributed by atoms with Gasteiger partial charge in [-0.3, -0.25) is 4.79 Å². The summed E-state index contributed by atoms with van der Waals surface area (Å²) in [6.07, 6.45) is 0.264. The van der Waals surface area contributed by atoms with Crippen molar-refractivity contribution in [1.29, 1.82) is 0 Å². The Morgan fingerprint density at radius 2 is 1.86 bits per heavy atom. The van der Waals surface area contributed by atoms with E-state index in [1.165, 1.54) is 0 Å². The molecule has 14 heavy (non-hydrogen) atoms. The summed E-state index contributed by atoms with van der Waals surface area (Å²) < 4.78 is 0.656. The van der Waals surface area contributed by atoms with Gasteiger partial charge in [0.15, 0.2) is 0 Å². The van der Waals surface area contributed by atoms with E-state index >= 15 is 0 Å². The molecule has 0 bridgehead atoms. The Labute approximate surface area is 84.7 Å². The van der Waals surface area contributed by atoms with Crippen LogP contribution in [0.3, 0.4) is 0 Å². The monoisotopic (exact) mass is 205 g/mol. The lowest BCUT2D eigenvalue weighted by molar-refractivity contribution is -0.873. The zero-order valence-corrected chi connectivity index (χ0v) is 9.10. The number of rotatable bonds is 6. The first-order valence-corrected chi connectivity index (χ1v) is 4.69. The number of nitrogens with two attached hydrogens (primary N) is 1. The Bertz CT molecular complexity index is 189. The van der Waals surface area contributed by atoms with Crippen LogP contribution in [0.4, 0.5) is 0 Å². The average Bonchev–Trinajstić information content (AvgIpc) is 1.96. The molecular weight excluding hydrogens is 184 g/mol. The SMILES string of the molecule is C[N+](C)(C)CC(O)CC[C@H](N)C(=O)O. The predicted octanol–water partition coefficient (Wildman–Crippen LogP) is -0.754. The molecule has 0 aromatic heterocycles. The van der Waals surface area contributed by atoms with Crippen LogP contribution in [0, 0.1) is 0 Å². The van der Waals surface area contributed by atoms with Gasteiger partial charge in [-0.25, -0.2) is 0 Å². The third-order valence-electron chi connectivity index (χ3n) is 1.89. The Hall–Kier alpha value is -0.650. The van der Waals surface area contributed by atoms with E-state index in [9.17, 15) is 9.90 Å². The Kier molecular flexibility index (Phi) is 5.04. The second kappa shape index (κ2) is 5.29. The molecular formula is C9H21N2O3+. The van der Waals surface area contributed by atoms with Crippen molar-refractivity contribution in [3.63, 3.8) is 0 Å². The van der Waals surface area contributed by atoms with E-state index in [0.717, 1.165) is 0 Å². The van der Waals surface area contributed by atoms with Gasteiger partial charge in [-0.05, 0) is 12.8 Å². The molecule has 0 saturated carbocycles. The first-order chi connectivity index (χ1) is 6.22. The topological polar surface area (TPSA) is 83.5 Å². The summed E-state index contributed by atoms with van der Waals surface area (Å²) in [7, 11) is 5.92. The molecule has 0 saturated heterocycles. The molecule has 0 radical (unpaired) electrons. The summed E-state index contributed by atoms with van der Waals surface area (Å²) >= 11 is 0. The molecule has 84 valence electrons. The predicted molar refractivity (Wildman–Crippen MR) is 53.8 cm³/mol. The highest BCUT2D eigenvalue weighted by Crippen LogP contribution is 2.04. The Morgan fingerprint density at radius 1 is 1.36 bits per heavy atom. The largest absolute Gasteiger partial charge is 0.480 e. The Morgan fingerprint density at radius 3 is 2.21 bits per heavy atom. The fraction of sp³-hybridized carbons (Fsp3) is 0.889. The highest BCUT2D eigenvalue weighted by Gasteiger charge is 2.18. The number of hydrogen-bond donors (Lipinski definition) is 3. The number of likely N-dealkylation sites (N-methyl/N-ethyl adjacent to an activating group) is 1. The standard InChI is InChI=1S/C9H20N2O3/c1-11(2,3)6-7(12)4-5-8(10)9(13)14/h7-8,12H,4-6,10H2,1-3H3/p+1/t7?,8-/m0/s1. The third-order valence-corrected chi connectivity index (χ3v) is 1.89. The third kappa shape index (κ3) is 6.82. The zero-order valence-electron chi connectivity index (χ0n) is 9.10. The van der Waals surface area contributed by atoms with Crippen LogP contribution in [0.25, 0.3) is 0 Å². The summed E-state index contributed by atoms with van der Waals surface area (Å²) in [6.45, 7) is 0.604. The van der Waals surface area contributed by atoms with Crippen LogP contribution in [-0.2, 0) is 4.79 Å². The maximum absolute atomic E-state index is 10.4. The molecule has 0 aromatic rings. The van der Waals surface area contributed by atoms with E-state index in [1.54, 1.807) is 0 Å². The molecule has 0 heterocycles. The van der Waals surface area contributed by atoms with E-state index in [-0.39, 0.29) is 0 Å². The Balaban J connectivity index is 3.74. The van der Waals surface area contributed by atoms with Crippen molar-refractivity contribution in [2.75, 3.05) is 27.7 Å². The molecule has 5 heteroatoms. The molecule has 0 spiro atoms. The summed E-state index contributed by atoms with van der Waals surface area (Å²) in [5.74, 6) is -1.01. The molecule has 0 amide bonds. The smallest absolute Gasteiger partial charge is 0.320 e. The van der Waals surface area contributed by atoms with Crippen LogP contribution in [0.2, 0.25) is 0 Å². The lowest BCUT2D eigenvalue weighted by Gasteiger charge is -2.26. The minimum Gasteiger partial charge on any atom is -0.480 e. The summed E-state index contributed by atoms with van der Waals surface area (Å²) in [4.78, 5) is 10.4. The first-order valence-electron chi connectivity index (χ1n) is 4.69. The maximum Gasteiger partial charge on any atom is 0.320 e. The minimum atomic E-state index is -1.01. The van der Waals surface area contributed by atoms with Crippen molar-refractivity contribution in [2.45, 2.75) is 25.0 Å². The van der Waals surface area contributed by atoms with Gasteiger partial charge in [0, 0.05) is 0 Å². The number of nitrogens with zero attached hydrogens (tertiary/aromatic N) is 1. The lowest BCUT2D eigenvalue weighted by Crippen LogP contribution is -2.42. The minimum absolute atomic E-state index is 0.316. The highest BCUT2D eigenvalue weighted by molar-refractivity contribution is 5.72. The molecule has 0 fully saturated rings. The molecule has 0 aromatic carbocycles. The molecule has 0 rings (SSSR count). The number of aliphatic hydroxyl groups is 1. The maximum atomic E-state index is 10.4. The lowest BCUT2D eigenvalue weighted by atomic mass is 10.1. The number of hydrogen-bond acceptors (Lipinski definition) is 3. The molecule has 0 aliphatic carbocycles. The van der Waals surface area contributed by atoms with E-state index in [0.29, 0.717) is 23.9 Å². The number of aliphatic carboxylic acids is 1. The van der Waals surface area contributed by atoms with Gasteiger partial charge in [-0.2, -0.15) is 0 Å². The number of carbonyl (C=O) groups is 1. The van der Waals surface area contributed by atoms with Gasteiger partial charge in [0.25, 0.3) is 0 Å². The van der Waals surface area contributed by atoms with E-state index in [1.807, 2.05) is 21.1 Å². The van der Waals surface area contributed by atoms with Crippen LogP contribution in [0.1, 0.15) is 12.8 Å². The van der Waals surface area contributed by atoms with Gasteiger partial charge in [0.1, 0.15) is 18.7 Å². The molecule has 5 nitrogen and oxygen atoms in total. The number of carboxylic acid groups (broad SMARTS) is 1. The first kappa shape index (κ1) is 13.4. The highest BCUT2D eigenvalue weighted by atomic mass is 16.4. The van der Waals surface area contributed by atoms with Crippen molar-refractivity contribution in [1.82, 2.24) is 0 Å². The second-order valence-corrected chi connectivity index (χ2v) is 4.65. The van der Waals surface area contributed by atoms with E-state index < -0.39 is 18.1 Å². The molecule has 0 aliphatic heterocycles. The van der Waals surface area contributed by atoms with Crippen LogP contribution in [0.15, 0.2) is 0 Å². The summed E-state index contributed by atoms with van der Waals surface area (Å²) in [5, 5.41) is 18.1. The molecule has 2 atom stereocenters. The van der Waals surface area contributed by atoms with Crippen LogP contribution >= 0.6 is 0 Å². The van der Waals surface area contributed by atoms with Crippen molar-refractivity contribution in [3.8, 4) is 0 Å². The van der Waals surface area contributed by atoms with Gasteiger partial charge in [-0.1, -0.05) is 0 Å². The van der Waals surface area contributed by atoms with Gasteiger partial charge in [0.2, 0.25) is 0 Å². The molecule has 0 aliphatic rings. The van der Waals surface area contributed by atoms with Crippen molar-refractivity contribution < 1.29 is 19.5 Å². The van der Waals surface area contributed by atoms with Crippen molar-refractivity contribution in [2.24, 2.45) is 5.73 Å². The van der Waals surface area contributed by atoms with Crippen LogP contribution in [0.5, 0.6) is 0 Å². The van der Waals surface area contributed by atoms with E-state index in [4.69, 9.17) is 10.8 Å². The van der Waals surface area contributed by atoms with E-state index in [2.05, 4.69) is 0 Å².